The van der Waals surface area contributed by atoms with Crippen LogP contribution in [0.4, 0.5) is 4.79 Å². The first-order valence-corrected chi connectivity index (χ1v) is 12.1. The molecule has 0 unspecified atom stereocenters. The largest absolute Gasteiger partial charge is 0.490 e. The maximum atomic E-state index is 13.0. The second-order valence-corrected chi connectivity index (χ2v) is 9.91. The van der Waals surface area contributed by atoms with Crippen molar-refractivity contribution in [3.05, 3.63) is 35.5 Å². The van der Waals surface area contributed by atoms with Gasteiger partial charge in [-0.25, -0.2) is 9.59 Å². The summed E-state index contributed by atoms with van der Waals surface area (Å²) in [6.45, 7) is 8.24. The number of hydrogen-bond acceptors (Lipinski definition) is 7. The fourth-order valence-corrected chi connectivity index (χ4v) is 4.12. The zero-order valence-corrected chi connectivity index (χ0v) is 20.7. The Balaban J connectivity index is 1.67. The zero-order chi connectivity index (χ0) is 25.2. The van der Waals surface area contributed by atoms with E-state index in [1.165, 1.54) is 0 Å². The van der Waals surface area contributed by atoms with Gasteiger partial charge >= 0.3 is 12.1 Å². The quantitative estimate of drug-likeness (QED) is 0.551. The van der Waals surface area contributed by atoms with E-state index in [0.717, 1.165) is 25.0 Å². The van der Waals surface area contributed by atoms with Gasteiger partial charge in [-0.1, -0.05) is 0 Å². The molecule has 1 saturated carbocycles. The summed E-state index contributed by atoms with van der Waals surface area (Å²) in [4.78, 5) is 27.3. The molecule has 1 aliphatic carbocycles. The molecule has 1 aromatic heterocycles. The molecular formula is C26H32N4O5. The van der Waals surface area contributed by atoms with Crippen LogP contribution in [-0.4, -0.2) is 58.1 Å². The summed E-state index contributed by atoms with van der Waals surface area (Å²) in [6.07, 6.45) is 3.43. The first-order valence-electron chi connectivity index (χ1n) is 12.1. The molecule has 1 amide bonds. The Hall–Kier alpha value is -3.54. The predicted octanol–water partition coefficient (Wildman–Crippen LogP) is 4.71. The molecule has 186 valence electrons. The molecule has 2 aromatic rings. The fraction of sp³-hybridized carbons (Fsp3) is 0.538. The number of aromatic nitrogens is 2. The second kappa shape index (κ2) is 9.98. The summed E-state index contributed by atoms with van der Waals surface area (Å²) < 4.78 is 18.2. The molecule has 1 atom stereocenters. The number of nitrogens with zero attached hydrogens (tertiary/aromatic N) is 4. The van der Waals surface area contributed by atoms with Gasteiger partial charge in [0.1, 0.15) is 28.7 Å². The van der Waals surface area contributed by atoms with Crippen molar-refractivity contribution < 1.29 is 23.8 Å². The number of hydrogen-bond donors (Lipinski definition) is 0. The number of ether oxygens (including phenoxy) is 3. The number of rotatable bonds is 6. The molecule has 0 radical (unpaired) electrons. The van der Waals surface area contributed by atoms with Gasteiger partial charge in [0, 0.05) is 18.7 Å². The van der Waals surface area contributed by atoms with Crippen molar-refractivity contribution >= 4 is 12.1 Å². The van der Waals surface area contributed by atoms with E-state index in [1.807, 2.05) is 45.0 Å². The van der Waals surface area contributed by atoms with E-state index in [1.54, 1.807) is 16.5 Å². The number of carbonyl (C=O) groups excluding carboxylic acids is 2. The highest BCUT2D eigenvalue weighted by Crippen LogP contribution is 2.33. The van der Waals surface area contributed by atoms with E-state index >= 15 is 0 Å². The number of esters is 1. The molecule has 1 saturated heterocycles. The third kappa shape index (κ3) is 5.76. The average Bonchev–Trinajstić information content (AvgIpc) is 3.54. The molecule has 1 aliphatic heterocycles. The molecule has 9 heteroatoms. The van der Waals surface area contributed by atoms with E-state index in [-0.39, 0.29) is 30.0 Å². The lowest BCUT2D eigenvalue weighted by Crippen LogP contribution is -2.44. The minimum Gasteiger partial charge on any atom is -0.490 e. The van der Waals surface area contributed by atoms with Crippen molar-refractivity contribution in [2.45, 2.75) is 71.1 Å². The molecule has 4 rings (SSSR count). The van der Waals surface area contributed by atoms with Gasteiger partial charge in [0.25, 0.3) is 0 Å². The number of piperidine rings is 1. The van der Waals surface area contributed by atoms with Gasteiger partial charge in [0.2, 0.25) is 0 Å². The van der Waals surface area contributed by atoms with Gasteiger partial charge < -0.3 is 19.1 Å². The van der Waals surface area contributed by atoms with Crippen LogP contribution < -0.4 is 4.74 Å². The summed E-state index contributed by atoms with van der Waals surface area (Å²) in [5, 5.41) is 14.7. The van der Waals surface area contributed by atoms with E-state index in [4.69, 9.17) is 19.3 Å². The van der Waals surface area contributed by atoms with Gasteiger partial charge in [0.05, 0.1) is 18.8 Å². The van der Waals surface area contributed by atoms with Crippen LogP contribution in [0.2, 0.25) is 0 Å². The number of nitriles is 1. The lowest BCUT2D eigenvalue weighted by molar-refractivity contribution is 0.0165. The van der Waals surface area contributed by atoms with E-state index in [0.29, 0.717) is 30.8 Å². The van der Waals surface area contributed by atoms with E-state index in [9.17, 15) is 14.9 Å². The Kier molecular flexibility index (Phi) is 7.01. The SMILES string of the molecule is CCOC(=O)c1c(C#N)c(-c2ccc(OC3CC3)cc2)nn1[C@@H]1CCCN(C(=O)OC(C)(C)C)C1. The standard InChI is InChI=1S/C26H32N4O5/c1-5-33-24(31)23-21(15-27)22(17-8-10-19(11-9-17)34-20-12-13-20)28-30(23)18-7-6-14-29(16-18)25(32)35-26(2,3)4/h8-11,18,20H,5-7,12-14,16H2,1-4H3/t18-/m1/s1. The Morgan fingerprint density at radius 1 is 1.17 bits per heavy atom. The Labute approximate surface area is 205 Å². The Morgan fingerprint density at radius 2 is 1.89 bits per heavy atom. The maximum Gasteiger partial charge on any atom is 0.410 e. The lowest BCUT2D eigenvalue weighted by atomic mass is 10.0. The minimum absolute atomic E-state index is 0.110. The molecule has 2 aliphatic rings. The molecule has 0 N–H and O–H groups in total. The van der Waals surface area contributed by atoms with Crippen molar-refractivity contribution in [1.82, 2.24) is 14.7 Å². The molecule has 2 fully saturated rings. The van der Waals surface area contributed by atoms with Crippen LogP contribution >= 0.6 is 0 Å². The average molecular weight is 481 g/mol. The summed E-state index contributed by atoms with van der Waals surface area (Å²) in [7, 11) is 0. The first kappa shape index (κ1) is 24.6. The van der Waals surface area contributed by atoms with Crippen LogP contribution in [0, 0.1) is 11.3 Å². The van der Waals surface area contributed by atoms with Crippen LogP contribution in [-0.2, 0) is 9.47 Å². The normalized spacial score (nSPS) is 18.0. The molecule has 1 aromatic carbocycles. The van der Waals surface area contributed by atoms with Gasteiger partial charge in [-0.05, 0) is 77.6 Å². The van der Waals surface area contributed by atoms with Crippen LogP contribution in [0.1, 0.15) is 75.5 Å². The van der Waals surface area contributed by atoms with E-state index < -0.39 is 17.7 Å². The Bertz CT molecular complexity index is 1120. The number of likely N-dealkylation sites (tertiary alicyclic amines) is 1. The lowest BCUT2D eigenvalue weighted by Gasteiger charge is -2.34. The summed E-state index contributed by atoms with van der Waals surface area (Å²) in [5.41, 5.74) is 0.770. The molecular weight excluding hydrogens is 448 g/mol. The van der Waals surface area contributed by atoms with Crippen molar-refractivity contribution in [1.29, 1.82) is 5.26 Å². The molecule has 9 nitrogen and oxygen atoms in total. The number of amides is 1. The summed E-state index contributed by atoms with van der Waals surface area (Å²) in [6, 6.07) is 9.25. The zero-order valence-electron chi connectivity index (χ0n) is 20.7. The fourth-order valence-electron chi connectivity index (χ4n) is 4.12. The van der Waals surface area contributed by atoms with Gasteiger partial charge in [-0.15, -0.1) is 0 Å². The van der Waals surface area contributed by atoms with Crippen LogP contribution in [0.25, 0.3) is 11.3 Å². The number of carbonyl (C=O) groups is 2. The summed E-state index contributed by atoms with van der Waals surface area (Å²) in [5.74, 6) is 0.158. The second-order valence-electron chi connectivity index (χ2n) is 9.91. The third-order valence-corrected chi connectivity index (χ3v) is 5.84. The van der Waals surface area contributed by atoms with Crippen molar-refractivity contribution in [3.63, 3.8) is 0 Å². The molecule has 0 spiro atoms. The maximum absolute atomic E-state index is 13.0. The van der Waals surface area contributed by atoms with Crippen LogP contribution in [0.3, 0.4) is 0 Å². The van der Waals surface area contributed by atoms with Gasteiger partial charge in [0.15, 0.2) is 5.69 Å². The summed E-state index contributed by atoms with van der Waals surface area (Å²) >= 11 is 0. The van der Waals surface area contributed by atoms with Crippen LogP contribution in [0.15, 0.2) is 24.3 Å². The van der Waals surface area contributed by atoms with Gasteiger partial charge in [-0.3, -0.25) is 4.68 Å². The van der Waals surface area contributed by atoms with Crippen LogP contribution in [0.5, 0.6) is 5.75 Å². The highest BCUT2D eigenvalue weighted by Gasteiger charge is 2.34. The monoisotopic (exact) mass is 480 g/mol. The van der Waals surface area contributed by atoms with Crippen molar-refractivity contribution in [2.75, 3.05) is 19.7 Å². The predicted molar refractivity (Wildman–Crippen MR) is 128 cm³/mol. The van der Waals surface area contributed by atoms with Crippen molar-refractivity contribution in [2.24, 2.45) is 0 Å². The topological polar surface area (TPSA) is 107 Å². The smallest absolute Gasteiger partial charge is 0.410 e. The Morgan fingerprint density at radius 3 is 2.49 bits per heavy atom. The first-order chi connectivity index (χ1) is 16.7. The molecule has 2 heterocycles. The van der Waals surface area contributed by atoms with E-state index in [2.05, 4.69) is 6.07 Å². The van der Waals surface area contributed by atoms with Crippen molar-refractivity contribution in [3.8, 4) is 23.1 Å². The highest BCUT2D eigenvalue weighted by atomic mass is 16.6. The molecule has 0 bridgehead atoms. The molecule has 35 heavy (non-hydrogen) atoms. The van der Waals surface area contributed by atoms with Gasteiger partial charge in [-0.2, -0.15) is 10.4 Å². The minimum atomic E-state index is -0.609. The third-order valence-electron chi connectivity index (χ3n) is 5.84. The number of benzene rings is 1. The highest BCUT2D eigenvalue weighted by molar-refractivity contribution is 5.93.